The van der Waals surface area contributed by atoms with Gasteiger partial charge in [0.1, 0.15) is 11.8 Å². The summed E-state index contributed by atoms with van der Waals surface area (Å²) in [5.41, 5.74) is 2.28. The summed E-state index contributed by atoms with van der Waals surface area (Å²) in [7, 11) is 0. The number of aliphatic hydroxyl groups is 1. The number of carboxylic acids is 1. The molecule has 1 rings (SSSR count). The monoisotopic (exact) mass is 298 g/mol. The van der Waals surface area contributed by atoms with Crippen molar-refractivity contribution < 1.29 is 29.7 Å². The van der Waals surface area contributed by atoms with Crippen molar-refractivity contribution in [2.24, 2.45) is 0 Å². The van der Waals surface area contributed by atoms with Crippen molar-refractivity contribution in [3.05, 3.63) is 29.8 Å². The lowest BCUT2D eigenvalue weighted by Gasteiger charge is -2.19. The number of hydrogen-bond acceptors (Lipinski definition) is 6. The van der Waals surface area contributed by atoms with E-state index in [0.717, 1.165) is 5.56 Å². The summed E-state index contributed by atoms with van der Waals surface area (Å²) in [6.07, 6.45) is -0.977. The standard InChI is InChI=1S/C13H18N2O6/c1-8(16)12(13(19)15-20)14-6-9-2-4-10(5-3-9)21-7-11(17)18/h2-5,8,12,14,16,20H,6-7H2,1H3,(H,15,19)(H,17,18)/t8-,12+/m1/s1. The van der Waals surface area contributed by atoms with Crippen molar-refractivity contribution >= 4 is 11.9 Å². The summed E-state index contributed by atoms with van der Waals surface area (Å²) in [4.78, 5) is 21.7. The third-order valence-corrected chi connectivity index (χ3v) is 2.69. The quantitative estimate of drug-likeness (QED) is 0.323. The summed E-state index contributed by atoms with van der Waals surface area (Å²) in [5, 5.41) is 29.3. The van der Waals surface area contributed by atoms with Gasteiger partial charge in [-0.25, -0.2) is 10.3 Å². The maximum atomic E-state index is 11.3. The summed E-state index contributed by atoms with van der Waals surface area (Å²) in [5.74, 6) is -1.37. The zero-order valence-corrected chi connectivity index (χ0v) is 11.4. The third-order valence-electron chi connectivity index (χ3n) is 2.69. The SMILES string of the molecule is C[C@@H](O)[C@H](NCc1ccc(OCC(=O)O)cc1)C(=O)NO. The number of ether oxygens (including phenoxy) is 1. The number of carboxylic acid groups (broad SMARTS) is 1. The molecule has 8 nitrogen and oxygen atoms in total. The average Bonchev–Trinajstić information content (AvgIpc) is 2.45. The number of carbonyl (C=O) groups excluding carboxylic acids is 1. The minimum atomic E-state index is -1.06. The lowest BCUT2D eigenvalue weighted by atomic mass is 10.1. The molecule has 0 aliphatic carbocycles. The molecule has 0 saturated carbocycles. The summed E-state index contributed by atoms with van der Waals surface area (Å²) in [6, 6.07) is 5.64. The van der Waals surface area contributed by atoms with E-state index in [-0.39, 0.29) is 6.54 Å². The number of hydroxylamine groups is 1. The smallest absolute Gasteiger partial charge is 0.341 e. The van der Waals surface area contributed by atoms with Crippen LogP contribution in [0.4, 0.5) is 0 Å². The van der Waals surface area contributed by atoms with Crippen molar-refractivity contribution in [1.82, 2.24) is 10.8 Å². The molecule has 1 aromatic rings. The number of rotatable bonds is 8. The molecule has 0 bridgehead atoms. The van der Waals surface area contributed by atoms with E-state index in [4.69, 9.17) is 15.1 Å². The molecular weight excluding hydrogens is 280 g/mol. The zero-order chi connectivity index (χ0) is 15.8. The number of aliphatic carboxylic acids is 1. The summed E-state index contributed by atoms with van der Waals surface area (Å²) < 4.78 is 4.98. The van der Waals surface area contributed by atoms with Crippen LogP contribution in [-0.2, 0) is 16.1 Å². The van der Waals surface area contributed by atoms with Gasteiger partial charge < -0.3 is 14.9 Å². The van der Waals surface area contributed by atoms with E-state index in [1.54, 1.807) is 24.3 Å². The summed E-state index contributed by atoms with van der Waals surface area (Å²) in [6.45, 7) is 1.29. The minimum Gasteiger partial charge on any atom is -0.482 e. The van der Waals surface area contributed by atoms with E-state index in [1.807, 2.05) is 0 Å². The van der Waals surface area contributed by atoms with E-state index in [2.05, 4.69) is 5.32 Å². The highest BCUT2D eigenvalue weighted by atomic mass is 16.5. The number of carbonyl (C=O) groups is 2. The molecule has 0 fully saturated rings. The Hall–Kier alpha value is -2.16. The van der Waals surface area contributed by atoms with Gasteiger partial charge in [-0.3, -0.25) is 15.3 Å². The number of amides is 1. The lowest BCUT2D eigenvalue weighted by molar-refractivity contribution is -0.139. The van der Waals surface area contributed by atoms with Crippen LogP contribution >= 0.6 is 0 Å². The molecule has 0 aliphatic rings. The Labute approximate surface area is 121 Å². The van der Waals surface area contributed by atoms with E-state index < -0.39 is 30.6 Å². The fourth-order valence-corrected chi connectivity index (χ4v) is 1.63. The Morgan fingerprint density at radius 3 is 2.38 bits per heavy atom. The molecule has 1 amide bonds. The highest BCUT2D eigenvalue weighted by molar-refractivity contribution is 5.81. The zero-order valence-electron chi connectivity index (χ0n) is 11.4. The number of benzene rings is 1. The molecule has 116 valence electrons. The van der Waals surface area contributed by atoms with E-state index in [9.17, 15) is 14.7 Å². The number of aliphatic hydroxyl groups excluding tert-OH is 1. The molecular formula is C13H18N2O6. The van der Waals surface area contributed by atoms with Crippen molar-refractivity contribution in [3.63, 3.8) is 0 Å². The van der Waals surface area contributed by atoms with Gasteiger partial charge in [-0.2, -0.15) is 0 Å². The lowest BCUT2D eigenvalue weighted by Crippen LogP contribution is -2.49. The second-order valence-corrected chi connectivity index (χ2v) is 4.40. The van der Waals surface area contributed by atoms with Crippen molar-refractivity contribution in [1.29, 1.82) is 0 Å². The molecule has 0 saturated heterocycles. The first-order valence-corrected chi connectivity index (χ1v) is 6.23. The van der Waals surface area contributed by atoms with Crippen LogP contribution in [0.15, 0.2) is 24.3 Å². The molecule has 8 heteroatoms. The molecule has 1 aromatic carbocycles. The predicted molar refractivity (Wildman–Crippen MR) is 71.8 cm³/mol. The molecule has 21 heavy (non-hydrogen) atoms. The van der Waals surface area contributed by atoms with Gasteiger partial charge in [-0.05, 0) is 24.6 Å². The molecule has 0 spiro atoms. The normalized spacial score (nSPS) is 13.3. The Morgan fingerprint density at radius 2 is 1.90 bits per heavy atom. The van der Waals surface area contributed by atoms with Crippen LogP contribution in [-0.4, -0.2) is 46.0 Å². The minimum absolute atomic E-state index is 0.280. The average molecular weight is 298 g/mol. The number of nitrogens with one attached hydrogen (secondary N) is 2. The van der Waals surface area contributed by atoms with Crippen LogP contribution in [0.1, 0.15) is 12.5 Å². The predicted octanol–water partition coefficient (Wildman–Crippen LogP) is -0.506. The highest BCUT2D eigenvalue weighted by Gasteiger charge is 2.22. The molecule has 0 unspecified atom stereocenters. The molecule has 0 heterocycles. The topological polar surface area (TPSA) is 128 Å². The van der Waals surface area contributed by atoms with Gasteiger partial charge in [0.2, 0.25) is 0 Å². The molecule has 0 aliphatic heterocycles. The fraction of sp³-hybridized carbons (Fsp3) is 0.385. The van der Waals surface area contributed by atoms with Crippen LogP contribution in [0, 0.1) is 0 Å². The van der Waals surface area contributed by atoms with E-state index in [0.29, 0.717) is 5.75 Å². The van der Waals surface area contributed by atoms with Crippen LogP contribution in [0.5, 0.6) is 5.75 Å². The molecule has 0 radical (unpaired) electrons. The van der Waals surface area contributed by atoms with Crippen molar-refractivity contribution in [3.8, 4) is 5.75 Å². The number of hydrogen-bond donors (Lipinski definition) is 5. The van der Waals surface area contributed by atoms with Crippen molar-refractivity contribution in [2.45, 2.75) is 25.6 Å². The highest BCUT2D eigenvalue weighted by Crippen LogP contribution is 2.12. The second-order valence-electron chi connectivity index (χ2n) is 4.40. The van der Waals surface area contributed by atoms with E-state index >= 15 is 0 Å². The van der Waals surface area contributed by atoms with Gasteiger partial charge in [0.05, 0.1) is 6.10 Å². The summed E-state index contributed by atoms with van der Waals surface area (Å²) >= 11 is 0. The van der Waals surface area contributed by atoms with Gasteiger partial charge in [0.15, 0.2) is 6.61 Å². The van der Waals surface area contributed by atoms with E-state index in [1.165, 1.54) is 12.4 Å². The molecule has 5 N–H and O–H groups in total. The van der Waals surface area contributed by atoms with Crippen LogP contribution in [0.2, 0.25) is 0 Å². The largest absolute Gasteiger partial charge is 0.482 e. The van der Waals surface area contributed by atoms with Gasteiger partial charge in [0, 0.05) is 6.54 Å². The molecule has 0 aromatic heterocycles. The van der Waals surface area contributed by atoms with Crippen molar-refractivity contribution in [2.75, 3.05) is 6.61 Å². The first kappa shape index (κ1) is 16.9. The van der Waals surface area contributed by atoms with Gasteiger partial charge in [-0.15, -0.1) is 0 Å². The second kappa shape index (κ2) is 8.20. The molecule has 2 atom stereocenters. The van der Waals surface area contributed by atoms with Gasteiger partial charge in [-0.1, -0.05) is 12.1 Å². The Kier molecular flexibility index (Phi) is 6.60. The third kappa shape index (κ3) is 5.78. The first-order valence-electron chi connectivity index (χ1n) is 6.23. The maximum absolute atomic E-state index is 11.3. The van der Waals surface area contributed by atoms with Gasteiger partial charge in [0.25, 0.3) is 5.91 Å². The van der Waals surface area contributed by atoms with Crippen LogP contribution < -0.4 is 15.5 Å². The maximum Gasteiger partial charge on any atom is 0.341 e. The Morgan fingerprint density at radius 1 is 1.29 bits per heavy atom. The van der Waals surface area contributed by atoms with Gasteiger partial charge >= 0.3 is 5.97 Å². The Balaban J connectivity index is 2.55. The first-order chi connectivity index (χ1) is 9.93. The van der Waals surface area contributed by atoms with Crippen LogP contribution in [0.25, 0.3) is 0 Å². The Bertz CT molecular complexity index is 474. The van der Waals surface area contributed by atoms with Crippen LogP contribution in [0.3, 0.4) is 0 Å². The fourth-order valence-electron chi connectivity index (χ4n) is 1.63.